The first kappa shape index (κ1) is 20.9. The number of nitrogens with zero attached hydrogens (tertiary/aromatic N) is 6. The number of H-pyrrole nitrogens is 1. The maximum atomic E-state index is 14.3. The van der Waals surface area contributed by atoms with Crippen LogP contribution in [0, 0.1) is 5.82 Å². The van der Waals surface area contributed by atoms with Gasteiger partial charge in [0.2, 0.25) is 0 Å². The highest BCUT2D eigenvalue weighted by molar-refractivity contribution is 5.99. The van der Waals surface area contributed by atoms with Crippen molar-refractivity contribution in [2.45, 2.75) is 26.3 Å². The van der Waals surface area contributed by atoms with Gasteiger partial charge < -0.3 is 20.4 Å². The number of ether oxygens (including phenoxy) is 1. The van der Waals surface area contributed by atoms with E-state index in [1.54, 1.807) is 16.9 Å². The lowest BCUT2D eigenvalue weighted by Crippen LogP contribution is -2.22. The second kappa shape index (κ2) is 8.41. The van der Waals surface area contributed by atoms with Crippen LogP contribution in [0.1, 0.15) is 20.8 Å². The Morgan fingerprint density at radius 1 is 1.22 bits per heavy atom. The number of carbonyl (C=O) groups excluding carboxylic acids is 1. The van der Waals surface area contributed by atoms with Crippen LogP contribution < -0.4 is 15.4 Å². The van der Waals surface area contributed by atoms with Crippen LogP contribution in [0.25, 0.3) is 11.5 Å². The lowest BCUT2D eigenvalue weighted by Gasteiger charge is -2.18. The van der Waals surface area contributed by atoms with Crippen molar-refractivity contribution in [3.8, 4) is 23.3 Å². The Bertz CT molecular complexity index is 1230. The fourth-order valence-electron chi connectivity index (χ4n) is 2.66. The van der Waals surface area contributed by atoms with Gasteiger partial charge >= 0.3 is 12.0 Å². The number of hydrogen-bond acceptors (Lipinski definition) is 7. The number of aromatic nitrogens is 7. The van der Waals surface area contributed by atoms with Gasteiger partial charge in [-0.25, -0.2) is 14.2 Å². The summed E-state index contributed by atoms with van der Waals surface area (Å²) in [7, 11) is 0. The normalized spacial score (nSPS) is 11.2. The molecular formula is C20H20FN9O2. The molecule has 2 amide bonds. The molecule has 12 heteroatoms. The van der Waals surface area contributed by atoms with Crippen LogP contribution in [-0.4, -0.2) is 41.0 Å². The van der Waals surface area contributed by atoms with Crippen molar-refractivity contribution in [3.05, 3.63) is 55.0 Å². The van der Waals surface area contributed by atoms with Gasteiger partial charge in [0.1, 0.15) is 23.6 Å². The Labute approximate surface area is 182 Å². The summed E-state index contributed by atoms with van der Waals surface area (Å²) < 4.78 is 21.6. The van der Waals surface area contributed by atoms with E-state index in [0.717, 1.165) is 0 Å². The number of nitrogens with one attached hydrogen (secondary N) is 3. The third-order valence-corrected chi connectivity index (χ3v) is 4.22. The van der Waals surface area contributed by atoms with Crippen molar-refractivity contribution >= 4 is 17.4 Å². The second-order valence-corrected chi connectivity index (χ2v) is 7.73. The maximum absolute atomic E-state index is 14.3. The zero-order valence-corrected chi connectivity index (χ0v) is 17.5. The van der Waals surface area contributed by atoms with Crippen LogP contribution in [0.3, 0.4) is 0 Å². The number of halogens is 1. The van der Waals surface area contributed by atoms with Crippen LogP contribution in [0.5, 0.6) is 11.8 Å². The fourth-order valence-corrected chi connectivity index (χ4v) is 2.66. The molecule has 3 N–H and O–H groups in total. The molecule has 0 radical (unpaired) electrons. The molecule has 4 rings (SSSR count). The minimum absolute atomic E-state index is 0.0236. The molecule has 0 spiro atoms. The Morgan fingerprint density at radius 2 is 2.06 bits per heavy atom. The van der Waals surface area contributed by atoms with Crippen LogP contribution in [0.2, 0.25) is 0 Å². The highest BCUT2D eigenvalue weighted by atomic mass is 19.1. The van der Waals surface area contributed by atoms with Gasteiger partial charge in [0.05, 0.1) is 23.1 Å². The average Bonchev–Trinajstić information content (AvgIpc) is 3.43. The first-order valence-electron chi connectivity index (χ1n) is 9.58. The van der Waals surface area contributed by atoms with E-state index in [0.29, 0.717) is 17.2 Å². The van der Waals surface area contributed by atoms with Gasteiger partial charge in [-0.3, -0.25) is 4.68 Å². The molecule has 4 aromatic rings. The molecule has 0 aliphatic heterocycles. The van der Waals surface area contributed by atoms with E-state index in [2.05, 4.69) is 40.9 Å². The number of benzene rings is 1. The zero-order valence-electron chi connectivity index (χ0n) is 17.5. The summed E-state index contributed by atoms with van der Waals surface area (Å²) in [5, 5.41) is 16.9. The van der Waals surface area contributed by atoms with E-state index in [-0.39, 0.29) is 23.0 Å². The number of hydrogen-bond donors (Lipinski definition) is 3. The number of urea groups is 1. The molecule has 0 saturated carbocycles. The van der Waals surface area contributed by atoms with Crippen molar-refractivity contribution in [2.24, 2.45) is 0 Å². The quantitative estimate of drug-likeness (QED) is 0.432. The zero-order chi connectivity index (χ0) is 22.7. The highest BCUT2D eigenvalue weighted by Gasteiger charge is 2.16. The van der Waals surface area contributed by atoms with Crippen LogP contribution in [0.15, 0.2) is 49.2 Å². The Balaban J connectivity index is 1.45. The summed E-state index contributed by atoms with van der Waals surface area (Å²) in [4.78, 5) is 23.4. The second-order valence-electron chi connectivity index (χ2n) is 7.73. The van der Waals surface area contributed by atoms with E-state index >= 15 is 0 Å². The predicted octanol–water partition coefficient (Wildman–Crippen LogP) is 3.79. The summed E-state index contributed by atoms with van der Waals surface area (Å²) in [6.07, 6.45) is 6.12. The smallest absolute Gasteiger partial charge is 0.323 e. The fraction of sp³-hybridized carbons (Fsp3) is 0.200. The van der Waals surface area contributed by atoms with Gasteiger partial charge in [0.15, 0.2) is 5.82 Å². The molecule has 0 bridgehead atoms. The standard InChI is InChI=1S/C20H20FN9O2/c1-20(2,3)30-10-12(9-25-30)26-18(31)27-16-8-13(4-5-14(16)21)32-19-22-7-6-15(28-19)17-23-11-24-29-17/h4-11H,1-3H3,(H,23,24,29)(H2,26,27,31). The number of aromatic amines is 1. The van der Waals surface area contributed by atoms with Crippen molar-refractivity contribution in [2.75, 3.05) is 10.6 Å². The van der Waals surface area contributed by atoms with Crippen LogP contribution >= 0.6 is 0 Å². The van der Waals surface area contributed by atoms with Gasteiger partial charge in [0.25, 0.3) is 0 Å². The topological polar surface area (TPSA) is 136 Å². The minimum Gasteiger partial charge on any atom is -0.424 e. The third kappa shape index (κ3) is 4.86. The average molecular weight is 437 g/mol. The van der Waals surface area contributed by atoms with Crippen molar-refractivity contribution in [1.82, 2.24) is 34.9 Å². The molecule has 3 heterocycles. The lowest BCUT2D eigenvalue weighted by atomic mass is 10.1. The van der Waals surface area contributed by atoms with Gasteiger partial charge in [-0.15, -0.1) is 10.2 Å². The van der Waals surface area contributed by atoms with E-state index < -0.39 is 11.8 Å². The summed E-state index contributed by atoms with van der Waals surface area (Å²) in [6, 6.07) is 4.93. The SMILES string of the molecule is CC(C)(C)n1cc(NC(=O)Nc2cc(Oc3nccc(-c4nnc[nH]4)n3)ccc2F)cn1. The molecule has 11 nitrogen and oxygen atoms in total. The van der Waals surface area contributed by atoms with E-state index in [1.165, 1.54) is 36.9 Å². The summed E-state index contributed by atoms with van der Waals surface area (Å²) >= 11 is 0. The summed E-state index contributed by atoms with van der Waals surface area (Å²) in [5.74, 6) is 0.0522. The largest absolute Gasteiger partial charge is 0.424 e. The highest BCUT2D eigenvalue weighted by Crippen LogP contribution is 2.25. The van der Waals surface area contributed by atoms with E-state index in [1.807, 2.05) is 20.8 Å². The van der Waals surface area contributed by atoms with Crippen LogP contribution in [0.4, 0.5) is 20.6 Å². The molecular weight excluding hydrogens is 417 g/mol. The molecule has 32 heavy (non-hydrogen) atoms. The molecule has 164 valence electrons. The number of amides is 2. The lowest BCUT2D eigenvalue weighted by molar-refractivity contribution is 0.262. The predicted molar refractivity (Wildman–Crippen MR) is 114 cm³/mol. The van der Waals surface area contributed by atoms with Crippen molar-refractivity contribution in [3.63, 3.8) is 0 Å². The van der Waals surface area contributed by atoms with Crippen LogP contribution in [-0.2, 0) is 5.54 Å². The third-order valence-electron chi connectivity index (χ3n) is 4.22. The molecule has 0 atom stereocenters. The van der Waals surface area contributed by atoms with Crippen molar-refractivity contribution in [1.29, 1.82) is 0 Å². The van der Waals surface area contributed by atoms with Gasteiger partial charge in [-0.2, -0.15) is 10.1 Å². The van der Waals surface area contributed by atoms with Crippen molar-refractivity contribution < 1.29 is 13.9 Å². The first-order chi connectivity index (χ1) is 15.3. The van der Waals surface area contributed by atoms with Gasteiger partial charge in [-0.05, 0) is 39.0 Å². The van der Waals surface area contributed by atoms with Gasteiger partial charge in [-0.1, -0.05) is 0 Å². The Morgan fingerprint density at radius 3 is 2.78 bits per heavy atom. The maximum Gasteiger partial charge on any atom is 0.323 e. The molecule has 0 saturated heterocycles. The molecule has 0 aliphatic carbocycles. The van der Waals surface area contributed by atoms with Gasteiger partial charge in [0, 0.05) is 18.5 Å². The van der Waals surface area contributed by atoms with E-state index in [4.69, 9.17) is 4.74 Å². The monoisotopic (exact) mass is 437 g/mol. The Hall–Kier alpha value is -4.35. The molecule has 0 fully saturated rings. The number of rotatable bonds is 5. The number of anilines is 2. The molecule has 0 unspecified atom stereocenters. The van der Waals surface area contributed by atoms with E-state index in [9.17, 15) is 9.18 Å². The first-order valence-corrected chi connectivity index (χ1v) is 9.58. The summed E-state index contributed by atoms with van der Waals surface area (Å²) in [6.45, 7) is 5.95. The molecule has 0 aliphatic rings. The molecule has 3 aromatic heterocycles. The minimum atomic E-state index is -0.630. The molecule has 1 aromatic carbocycles. The number of carbonyl (C=O) groups is 1. The Kier molecular flexibility index (Phi) is 5.50. The summed E-state index contributed by atoms with van der Waals surface area (Å²) in [5.41, 5.74) is 0.640.